The number of fused-ring (bicyclic) bond motifs is 1. The lowest BCUT2D eigenvalue weighted by atomic mass is 10.0. The van der Waals surface area contributed by atoms with Crippen LogP contribution in [0.5, 0.6) is 17.2 Å². The molecule has 3 aromatic carbocycles. The minimum Gasteiger partial charge on any atom is -0.508 e. The topological polar surface area (TPSA) is 96.7 Å². The number of phenolic OH excluding ortho intramolecular Hbond substituents is 1. The molecule has 7 heteroatoms. The number of carbonyl (C=O) groups excluding carboxylic acids is 1. The van der Waals surface area contributed by atoms with Crippen molar-refractivity contribution < 1.29 is 28.9 Å². The lowest BCUT2D eigenvalue weighted by molar-refractivity contribution is -0.132. The molecule has 0 aliphatic rings. The van der Waals surface area contributed by atoms with Gasteiger partial charge in [0.25, 0.3) is 0 Å². The third-order valence-corrected chi connectivity index (χ3v) is 4.96. The van der Waals surface area contributed by atoms with Gasteiger partial charge in [-0.2, -0.15) is 0 Å². The van der Waals surface area contributed by atoms with Gasteiger partial charge < -0.3 is 14.9 Å². The largest absolute Gasteiger partial charge is 0.508 e. The molecule has 1 aromatic heterocycles. The Balaban J connectivity index is 1.78. The van der Waals surface area contributed by atoms with Crippen LogP contribution in [0, 0.1) is 5.82 Å². The molecule has 0 spiro atoms. The number of nitrogens with zero attached hydrogens (tertiary/aromatic N) is 1. The molecule has 0 amide bonds. The lowest BCUT2D eigenvalue weighted by Gasteiger charge is -2.14. The minimum atomic E-state index is -1.01. The number of pyridine rings is 1. The number of phenols is 1. The zero-order valence-corrected chi connectivity index (χ0v) is 17.4. The van der Waals surface area contributed by atoms with Crippen LogP contribution in [0.2, 0.25) is 0 Å². The average Bonchev–Trinajstić information content (AvgIpc) is 2.79. The van der Waals surface area contributed by atoms with Gasteiger partial charge in [-0.3, -0.25) is 9.78 Å². The van der Waals surface area contributed by atoms with Gasteiger partial charge in [0, 0.05) is 28.8 Å². The van der Waals surface area contributed by atoms with E-state index < -0.39 is 17.6 Å². The fraction of sp³-hybridized carbons (Fsp3) is 0.0385. The van der Waals surface area contributed by atoms with Gasteiger partial charge in [-0.15, -0.1) is 0 Å². The number of aliphatic carboxylic acids is 1. The van der Waals surface area contributed by atoms with E-state index in [1.807, 2.05) is 0 Å². The van der Waals surface area contributed by atoms with E-state index in [0.717, 1.165) is 6.07 Å². The average molecular weight is 443 g/mol. The molecule has 33 heavy (non-hydrogen) atoms. The van der Waals surface area contributed by atoms with E-state index in [2.05, 4.69) is 4.98 Å². The van der Waals surface area contributed by atoms with Gasteiger partial charge in [0.05, 0.1) is 11.1 Å². The number of carbonyl (C=O) groups is 2. The number of halogens is 1. The second kappa shape index (κ2) is 8.92. The van der Waals surface area contributed by atoms with E-state index >= 15 is 0 Å². The van der Waals surface area contributed by atoms with Gasteiger partial charge in [-0.25, -0.2) is 9.18 Å². The smallest absolute Gasteiger partial charge is 0.331 e. The summed E-state index contributed by atoms with van der Waals surface area (Å²) < 4.78 is 19.8. The summed E-state index contributed by atoms with van der Waals surface area (Å²) in [6.07, 6.45) is 2.85. The second-order valence-corrected chi connectivity index (χ2v) is 7.35. The van der Waals surface area contributed by atoms with Crippen LogP contribution in [0.4, 0.5) is 4.39 Å². The number of ether oxygens (including phenoxy) is 1. The van der Waals surface area contributed by atoms with Crippen LogP contribution in [-0.4, -0.2) is 26.9 Å². The highest BCUT2D eigenvalue weighted by Gasteiger charge is 2.20. The summed E-state index contributed by atoms with van der Waals surface area (Å²) in [6.45, 7) is 1.50. The SMILES string of the molecule is C/C(=C\c1ccc(Oc2c(C(=O)c3cccc(F)c3)cnc3cc(O)ccc23)cc1)C(=O)O. The van der Waals surface area contributed by atoms with Crippen LogP contribution in [0.25, 0.3) is 17.0 Å². The second-order valence-electron chi connectivity index (χ2n) is 7.35. The van der Waals surface area contributed by atoms with Gasteiger partial charge in [-0.1, -0.05) is 24.3 Å². The quantitative estimate of drug-likeness (QED) is 0.298. The predicted molar refractivity (Wildman–Crippen MR) is 121 cm³/mol. The van der Waals surface area contributed by atoms with E-state index in [9.17, 15) is 19.1 Å². The predicted octanol–water partition coefficient (Wildman–Crippen LogP) is 5.59. The number of rotatable bonds is 6. The molecule has 0 fully saturated rings. The number of hydrogen-bond acceptors (Lipinski definition) is 5. The summed E-state index contributed by atoms with van der Waals surface area (Å²) in [6, 6.07) is 16.5. The third-order valence-electron chi connectivity index (χ3n) is 4.96. The maximum Gasteiger partial charge on any atom is 0.331 e. The van der Waals surface area contributed by atoms with E-state index in [4.69, 9.17) is 9.84 Å². The van der Waals surface area contributed by atoms with Gasteiger partial charge in [0.1, 0.15) is 23.1 Å². The van der Waals surface area contributed by atoms with Crippen LogP contribution in [0.15, 0.2) is 78.5 Å². The Kier molecular flexibility index (Phi) is 5.87. The first kappa shape index (κ1) is 21.7. The molecular weight excluding hydrogens is 425 g/mol. The summed E-state index contributed by atoms with van der Waals surface area (Å²) in [5, 5.41) is 19.3. The van der Waals surface area contributed by atoms with E-state index in [0.29, 0.717) is 22.2 Å². The Hall–Kier alpha value is -4.52. The minimum absolute atomic E-state index is 0.00935. The zero-order valence-electron chi connectivity index (χ0n) is 17.4. The molecule has 0 unspecified atom stereocenters. The number of hydrogen-bond donors (Lipinski definition) is 2. The zero-order chi connectivity index (χ0) is 23.5. The van der Waals surface area contributed by atoms with Gasteiger partial charge in [0.15, 0.2) is 5.78 Å². The molecule has 0 saturated carbocycles. The van der Waals surface area contributed by atoms with Gasteiger partial charge >= 0.3 is 5.97 Å². The Morgan fingerprint density at radius 3 is 2.48 bits per heavy atom. The van der Waals surface area contributed by atoms with Gasteiger partial charge in [0.2, 0.25) is 0 Å². The first-order valence-electron chi connectivity index (χ1n) is 9.93. The highest BCUT2D eigenvalue weighted by molar-refractivity contribution is 6.13. The fourth-order valence-corrected chi connectivity index (χ4v) is 3.28. The highest BCUT2D eigenvalue weighted by Crippen LogP contribution is 2.35. The molecule has 0 aliphatic heterocycles. The molecule has 0 saturated heterocycles. The van der Waals surface area contributed by atoms with Crippen molar-refractivity contribution in [3.8, 4) is 17.2 Å². The molecule has 2 N–H and O–H groups in total. The van der Waals surface area contributed by atoms with E-state index in [1.54, 1.807) is 30.3 Å². The first-order chi connectivity index (χ1) is 15.8. The monoisotopic (exact) mass is 443 g/mol. The van der Waals surface area contributed by atoms with Crippen molar-refractivity contribution in [2.75, 3.05) is 0 Å². The Labute approximate surface area is 188 Å². The van der Waals surface area contributed by atoms with Crippen molar-refractivity contribution >= 4 is 28.7 Å². The van der Waals surface area contributed by atoms with Crippen LogP contribution in [0.3, 0.4) is 0 Å². The standard InChI is InChI=1S/C26H18FNO5/c1-15(26(31)32)11-16-5-8-20(9-6-16)33-25-21-10-7-19(29)13-23(21)28-14-22(25)24(30)17-3-2-4-18(27)12-17/h2-14,29H,1H3,(H,31,32)/b15-11+. The number of aromatic nitrogens is 1. The summed E-state index contributed by atoms with van der Waals surface area (Å²) in [4.78, 5) is 28.4. The molecule has 0 atom stereocenters. The van der Waals surface area contributed by atoms with Crippen molar-refractivity contribution in [3.63, 3.8) is 0 Å². The normalized spacial score (nSPS) is 11.4. The number of carboxylic acids is 1. The molecule has 0 aliphatic carbocycles. The number of carboxylic acid groups (broad SMARTS) is 1. The molecular formula is C26H18FNO5. The molecule has 6 nitrogen and oxygen atoms in total. The van der Waals surface area contributed by atoms with Crippen molar-refractivity contribution in [1.82, 2.24) is 4.98 Å². The first-order valence-corrected chi connectivity index (χ1v) is 9.93. The van der Waals surface area contributed by atoms with Crippen LogP contribution >= 0.6 is 0 Å². The van der Waals surface area contributed by atoms with Crippen LogP contribution < -0.4 is 4.74 Å². The molecule has 4 aromatic rings. The summed E-state index contributed by atoms with van der Waals surface area (Å²) in [5.74, 6) is -1.41. The number of ketones is 1. The highest BCUT2D eigenvalue weighted by atomic mass is 19.1. The maximum absolute atomic E-state index is 13.7. The van der Waals surface area contributed by atoms with E-state index in [-0.39, 0.29) is 28.2 Å². The third kappa shape index (κ3) is 4.72. The van der Waals surface area contributed by atoms with Crippen molar-refractivity contribution in [1.29, 1.82) is 0 Å². The lowest BCUT2D eigenvalue weighted by Crippen LogP contribution is -2.05. The van der Waals surface area contributed by atoms with Crippen molar-refractivity contribution in [3.05, 3.63) is 101 Å². The molecule has 164 valence electrons. The van der Waals surface area contributed by atoms with Crippen molar-refractivity contribution in [2.45, 2.75) is 6.92 Å². The summed E-state index contributed by atoms with van der Waals surface area (Å²) in [7, 11) is 0. The number of aromatic hydroxyl groups is 1. The van der Waals surface area contributed by atoms with Crippen molar-refractivity contribution in [2.24, 2.45) is 0 Å². The molecule has 0 bridgehead atoms. The molecule has 4 rings (SSSR count). The fourth-order valence-electron chi connectivity index (χ4n) is 3.28. The van der Waals surface area contributed by atoms with Gasteiger partial charge in [-0.05, 0) is 55.0 Å². The Morgan fingerprint density at radius 2 is 1.79 bits per heavy atom. The summed E-state index contributed by atoms with van der Waals surface area (Å²) >= 11 is 0. The number of benzene rings is 3. The Bertz CT molecular complexity index is 1410. The van der Waals surface area contributed by atoms with Crippen LogP contribution in [0.1, 0.15) is 28.4 Å². The maximum atomic E-state index is 13.7. The van der Waals surface area contributed by atoms with E-state index in [1.165, 1.54) is 49.5 Å². The summed E-state index contributed by atoms with van der Waals surface area (Å²) in [5.41, 5.74) is 1.54. The molecule has 1 heterocycles. The van der Waals surface area contributed by atoms with Crippen LogP contribution in [-0.2, 0) is 4.79 Å². The Morgan fingerprint density at radius 1 is 1.03 bits per heavy atom. The molecule has 0 radical (unpaired) electrons.